The molecule has 0 unspecified atom stereocenters. The first-order chi connectivity index (χ1) is 16.5. The van der Waals surface area contributed by atoms with Crippen LogP contribution in [0, 0.1) is 13.8 Å². The van der Waals surface area contributed by atoms with Crippen LogP contribution in [0.1, 0.15) is 35.2 Å². The fourth-order valence-corrected chi connectivity index (χ4v) is 4.35. The minimum absolute atomic E-state index is 0.0169. The second-order valence-corrected chi connectivity index (χ2v) is 8.16. The van der Waals surface area contributed by atoms with E-state index in [1.54, 1.807) is 39.0 Å². The summed E-state index contributed by atoms with van der Waals surface area (Å²) in [6.45, 7) is 5.11. The van der Waals surface area contributed by atoms with E-state index in [2.05, 4.69) is 0 Å². The number of carbonyl (C=O) groups is 2. The Morgan fingerprint density at radius 3 is 2.46 bits per heavy atom. The maximum atomic E-state index is 13.7. The molecule has 0 spiro atoms. The highest BCUT2D eigenvalue weighted by Gasteiger charge is 2.38. The van der Waals surface area contributed by atoms with Gasteiger partial charge in [-0.05, 0) is 62.7 Å². The highest BCUT2D eigenvalue weighted by atomic mass is 19.4. The average molecular weight is 484 g/mol. The average Bonchev–Trinajstić information content (AvgIpc) is 3.48. The number of hydrogen-bond acceptors (Lipinski definition) is 4. The van der Waals surface area contributed by atoms with Gasteiger partial charge < -0.3 is 18.6 Å². The normalized spacial score (nSPS) is 15.5. The number of aryl methyl sites for hydroxylation is 1. The number of amides is 1. The summed E-state index contributed by atoms with van der Waals surface area (Å²) in [6.07, 6.45) is -1.53. The first-order valence-electron chi connectivity index (χ1n) is 10.8. The van der Waals surface area contributed by atoms with Gasteiger partial charge in [-0.2, -0.15) is 13.2 Å². The number of alkyl halides is 3. The van der Waals surface area contributed by atoms with E-state index in [-0.39, 0.29) is 23.4 Å². The molecule has 0 N–H and O–H groups in total. The fraction of sp³-hybridized carbons (Fsp3) is 0.231. The van der Waals surface area contributed by atoms with Crippen LogP contribution in [0.15, 0.2) is 70.0 Å². The molecule has 1 aliphatic heterocycles. The van der Waals surface area contributed by atoms with Crippen LogP contribution >= 0.6 is 0 Å². The molecule has 182 valence electrons. The summed E-state index contributed by atoms with van der Waals surface area (Å²) < 4.78 is 52.7. The number of para-hydroxylation sites is 1. The largest absolute Gasteiger partial charge is 0.467 e. The molecule has 35 heavy (non-hydrogen) atoms. The van der Waals surface area contributed by atoms with Crippen molar-refractivity contribution in [3.8, 4) is 5.69 Å². The zero-order valence-electron chi connectivity index (χ0n) is 19.6. The minimum atomic E-state index is -4.54. The molecule has 0 bridgehead atoms. The van der Waals surface area contributed by atoms with Gasteiger partial charge in [-0.15, -0.1) is 0 Å². The number of benzene rings is 1. The van der Waals surface area contributed by atoms with Gasteiger partial charge in [0.1, 0.15) is 5.76 Å². The van der Waals surface area contributed by atoms with Crippen molar-refractivity contribution >= 4 is 18.0 Å². The second kappa shape index (κ2) is 8.98. The van der Waals surface area contributed by atoms with Crippen LogP contribution in [0.2, 0.25) is 0 Å². The van der Waals surface area contributed by atoms with Crippen LogP contribution in [0.3, 0.4) is 0 Å². The number of esters is 1. The van der Waals surface area contributed by atoms with E-state index >= 15 is 0 Å². The Balaban J connectivity index is 1.83. The number of aromatic nitrogens is 1. The first-order valence-corrected chi connectivity index (χ1v) is 10.8. The monoisotopic (exact) mass is 484 g/mol. The third-order valence-corrected chi connectivity index (χ3v) is 6.02. The summed E-state index contributed by atoms with van der Waals surface area (Å²) in [5, 5.41) is 0. The SMILES string of the molecule is COC(=O)C1=C(C)N(Cc2ccco2)C(=O)/C1=C/c1cc(C)n(-c2ccccc2C(F)(F)F)c1C. The summed E-state index contributed by atoms with van der Waals surface area (Å²) in [7, 11) is 1.22. The third-order valence-electron chi connectivity index (χ3n) is 6.02. The van der Waals surface area contributed by atoms with Crippen molar-refractivity contribution in [3.05, 3.63) is 93.8 Å². The maximum absolute atomic E-state index is 13.7. The van der Waals surface area contributed by atoms with E-state index in [0.717, 1.165) is 6.07 Å². The van der Waals surface area contributed by atoms with Crippen molar-refractivity contribution in [1.82, 2.24) is 9.47 Å². The summed E-state index contributed by atoms with van der Waals surface area (Å²) >= 11 is 0. The molecule has 1 aromatic carbocycles. The van der Waals surface area contributed by atoms with Gasteiger partial charge in [0.2, 0.25) is 0 Å². The zero-order chi connectivity index (χ0) is 25.5. The molecule has 4 rings (SSSR count). The lowest BCUT2D eigenvalue weighted by molar-refractivity contribution is -0.137. The molecule has 2 aromatic heterocycles. The molecule has 6 nitrogen and oxygen atoms in total. The van der Waals surface area contributed by atoms with Gasteiger partial charge in [-0.1, -0.05) is 12.1 Å². The quantitative estimate of drug-likeness (QED) is 0.350. The summed E-state index contributed by atoms with van der Waals surface area (Å²) in [5.74, 6) is -0.579. The standard InChI is InChI=1S/C26H23F3N2O4/c1-15-12-18(16(2)31(15)22-10-6-5-9-21(22)26(27,28)29)13-20-23(25(33)34-4)17(3)30(24(20)32)14-19-8-7-11-35-19/h5-13H,14H2,1-4H3/b20-13+. The number of rotatable bonds is 5. The molecule has 0 aliphatic carbocycles. The lowest BCUT2D eigenvalue weighted by Gasteiger charge is -2.17. The number of nitrogens with zero attached hydrogens (tertiary/aromatic N) is 2. The van der Waals surface area contributed by atoms with Crippen LogP contribution in [0.5, 0.6) is 0 Å². The van der Waals surface area contributed by atoms with Gasteiger partial charge in [0.25, 0.3) is 5.91 Å². The number of halogens is 3. The lowest BCUT2D eigenvalue weighted by atomic mass is 10.0. The molecule has 3 aromatic rings. The van der Waals surface area contributed by atoms with E-state index in [4.69, 9.17) is 9.15 Å². The van der Waals surface area contributed by atoms with E-state index in [0.29, 0.717) is 28.4 Å². The fourth-order valence-electron chi connectivity index (χ4n) is 4.35. The van der Waals surface area contributed by atoms with Crippen LogP contribution in [0.25, 0.3) is 11.8 Å². The molecular formula is C26H23F3N2O4. The Bertz CT molecular complexity index is 1360. The Labute approximate surface area is 199 Å². The topological polar surface area (TPSA) is 64.7 Å². The van der Waals surface area contributed by atoms with E-state index < -0.39 is 23.6 Å². The molecule has 1 amide bonds. The van der Waals surface area contributed by atoms with E-state index in [1.807, 2.05) is 0 Å². The predicted molar refractivity (Wildman–Crippen MR) is 122 cm³/mol. The molecule has 0 fully saturated rings. The molecule has 0 radical (unpaired) electrons. The number of carbonyl (C=O) groups excluding carboxylic acids is 2. The second-order valence-electron chi connectivity index (χ2n) is 8.16. The Morgan fingerprint density at radius 1 is 1.11 bits per heavy atom. The van der Waals surface area contributed by atoms with Crippen LogP contribution in [0.4, 0.5) is 13.2 Å². The number of allylic oxidation sites excluding steroid dienone is 1. The summed E-state index contributed by atoms with van der Waals surface area (Å²) in [5.41, 5.74) is 1.37. The molecule has 0 saturated heterocycles. The Morgan fingerprint density at radius 2 is 1.83 bits per heavy atom. The molecule has 0 atom stereocenters. The van der Waals surface area contributed by atoms with Crippen LogP contribution in [-0.2, 0) is 27.0 Å². The van der Waals surface area contributed by atoms with E-state index in [9.17, 15) is 22.8 Å². The van der Waals surface area contributed by atoms with Crippen LogP contribution < -0.4 is 0 Å². The smallest absolute Gasteiger partial charge is 0.418 e. The predicted octanol–water partition coefficient (Wildman–Crippen LogP) is 5.58. The van der Waals surface area contributed by atoms with Crippen molar-refractivity contribution < 1.29 is 31.9 Å². The third kappa shape index (κ3) is 4.29. The van der Waals surface area contributed by atoms with Gasteiger partial charge in [0, 0.05) is 17.1 Å². The lowest BCUT2D eigenvalue weighted by Crippen LogP contribution is -2.24. The highest BCUT2D eigenvalue weighted by Crippen LogP contribution is 2.37. The van der Waals surface area contributed by atoms with Gasteiger partial charge in [0.05, 0.1) is 42.3 Å². The first kappa shape index (κ1) is 24.1. The molecule has 9 heteroatoms. The van der Waals surface area contributed by atoms with Gasteiger partial charge in [-0.3, -0.25) is 4.79 Å². The molecule has 0 saturated carbocycles. The van der Waals surface area contributed by atoms with Crippen molar-refractivity contribution in [2.45, 2.75) is 33.5 Å². The highest BCUT2D eigenvalue weighted by molar-refractivity contribution is 6.16. The minimum Gasteiger partial charge on any atom is -0.467 e. The zero-order valence-corrected chi connectivity index (χ0v) is 19.6. The van der Waals surface area contributed by atoms with E-state index in [1.165, 1.54) is 47.1 Å². The van der Waals surface area contributed by atoms with Gasteiger partial charge >= 0.3 is 12.1 Å². The number of hydrogen-bond donors (Lipinski definition) is 0. The maximum Gasteiger partial charge on any atom is 0.418 e. The number of furan rings is 1. The van der Waals surface area contributed by atoms with Gasteiger partial charge in [-0.25, -0.2) is 4.79 Å². The molecule has 3 heterocycles. The van der Waals surface area contributed by atoms with Crippen molar-refractivity contribution in [1.29, 1.82) is 0 Å². The number of ether oxygens (including phenoxy) is 1. The van der Waals surface area contributed by atoms with Crippen LogP contribution in [-0.4, -0.2) is 28.5 Å². The molecule has 1 aliphatic rings. The summed E-state index contributed by atoms with van der Waals surface area (Å²) in [6, 6.07) is 10.4. The Hall–Kier alpha value is -4.01. The van der Waals surface area contributed by atoms with Gasteiger partial charge in [0.15, 0.2) is 0 Å². The Kier molecular flexibility index (Phi) is 6.19. The molecular weight excluding hydrogens is 461 g/mol. The van der Waals surface area contributed by atoms with Crippen molar-refractivity contribution in [3.63, 3.8) is 0 Å². The summed E-state index contributed by atoms with van der Waals surface area (Å²) in [4.78, 5) is 27.4. The van der Waals surface area contributed by atoms with Crippen molar-refractivity contribution in [2.24, 2.45) is 0 Å². The number of methoxy groups -OCH3 is 1. The van der Waals surface area contributed by atoms with Crippen molar-refractivity contribution in [2.75, 3.05) is 7.11 Å².